The topological polar surface area (TPSA) is 44.2 Å². The maximum atomic E-state index is 5.34. The molecule has 3 aromatic carbocycles. The molecule has 26 heavy (non-hydrogen) atoms. The molecule has 4 nitrogen and oxygen atoms in total. The van der Waals surface area contributed by atoms with Gasteiger partial charge in [0.2, 0.25) is 5.82 Å². The van der Waals surface area contributed by atoms with Gasteiger partial charge in [0.25, 0.3) is 0 Å². The van der Waals surface area contributed by atoms with Gasteiger partial charge in [-0.25, -0.2) is 9.97 Å². The summed E-state index contributed by atoms with van der Waals surface area (Å²) in [5.41, 5.74) is 1.72. The fourth-order valence-corrected chi connectivity index (χ4v) is 2.88. The monoisotopic (exact) mass is 340 g/mol. The van der Waals surface area contributed by atoms with Gasteiger partial charge in [0.1, 0.15) is 0 Å². The summed E-state index contributed by atoms with van der Waals surface area (Å²) in [6.07, 6.45) is 1.75. The van der Waals surface area contributed by atoms with Gasteiger partial charge in [0, 0.05) is 23.2 Å². The first-order chi connectivity index (χ1) is 12.8. The van der Waals surface area contributed by atoms with Crippen molar-refractivity contribution in [3.05, 3.63) is 72.2 Å². The van der Waals surface area contributed by atoms with Crippen LogP contribution in [0.1, 0.15) is 11.4 Å². The van der Waals surface area contributed by atoms with Gasteiger partial charge in [-0.1, -0.05) is 42.3 Å². The molecule has 126 valence electrons. The highest BCUT2D eigenvalue weighted by Gasteiger charge is 2.07. The van der Waals surface area contributed by atoms with E-state index in [1.54, 1.807) is 20.4 Å². The minimum atomic E-state index is 0.470. The Morgan fingerprint density at radius 1 is 0.808 bits per heavy atom. The lowest BCUT2D eigenvalue weighted by molar-refractivity contribution is 0.356. The zero-order chi connectivity index (χ0) is 17.9. The van der Waals surface area contributed by atoms with E-state index < -0.39 is 0 Å². The van der Waals surface area contributed by atoms with Crippen molar-refractivity contribution in [3.8, 4) is 23.3 Å². The zero-order valence-corrected chi connectivity index (χ0v) is 14.5. The fourth-order valence-electron chi connectivity index (χ4n) is 2.88. The van der Waals surface area contributed by atoms with Crippen molar-refractivity contribution >= 4 is 21.7 Å². The Labute approximate surface area is 151 Å². The fraction of sp³-hybridized carbons (Fsp3) is 0.0909. The third kappa shape index (κ3) is 2.91. The van der Waals surface area contributed by atoms with Crippen molar-refractivity contribution in [1.29, 1.82) is 0 Å². The van der Waals surface area contributed by atoms with E-state index in [0.29, 0.717) is 17.3 Å². The van der Waals surface area contributed by atoms with E-state index in [9.17, 15) is 0 Å². The number of hydrogen-bond acceptors (Lipinski definition) is 4. The summed E-state index contributed by atoms with van der Waals surface area (Å²) in [5.74, 6) is 8.01. The van der Waals surface area contributed by atoms with E-state index >= 15 is 0 Å². The summed E-state index contributed by atoms with van der Waals surface area (Å²) in [6.45, 7) is 0. The minimum absolute atomic E-state index is 0.470. The van der Waals surface area contributed by atoms with Crippen molar-refractivity contribution in [2.45, 2.75) is 0 Å². The van der Waals surface area contributed by atoms with Crippen LogP contribution in [0.4, 0.5) is 0 Å². The van der Waals surface area contributed by atoms with Crippen molar-refractivity contribution in [3.63, 3.8) is 0 Å². The molecule has 0 spiro atoms. The highest BCUT2D eigenvalue weighted by molar-refractivity contribution is 5.88. The van der Waals surface area contributed by atoms with Gasteiger partial charge in [-0.05, 0) is 28.8 Å². The SMILES string of the molecule is COc1cc2cnc(C#Cc3cccc4ccccc34)nc2cc1OC. The summed E-state index contributed by atoms with van der Waals surface area (Å²) < 4.78 is 10.7. The lowest BCUT2D eigenvalue weighted by Gasteiger charge is -2.08. The van der Waals surface area contributed by atoms with E-state index in [1.165, 1.54) is 0 Å². The molecule has 4 aromatic rings. The Morgan fingerprint density at radius 3 is 2.42 bits per heavy atom. The first kappa shape index (κ1) is 15.9. The molecule has 0 unspecified atom stereocenters. The average Bonchev–Trinajstić information content (AvgIpc) is 2.70. The Balaban J connectivity index is 1.77. The van der Waals surface area contributed by atoms with Gasteiger partial charge in [-0.15, -0.1) is 0 Å². The predicted octanol–water partition coefficient (Wildman–Crippen LogP) is 4.20. The Morgan fingerprint density at radius 2 is 1.58 bits per heavy atom. The van der Waals surface area contributed by atoms with Gasteiger partial charge in [0.05, 0.1) is 19.7 Å². The van der Waals surface area contributed by atoms with Crippen LogP contribution in [0, 0.1) is 11.8 Å². The molecule has 1 heterocycles. The molecule has 0 N–H and O–H groups in total. The van der Waals surface area contributed by atoms with Crippen LogP contribution in [0.3, 0.4) is 0 Å². The lowest BCUT2D eigenvalue weighted by Crippen LogP contribution is -1.94. The largest absolute Gasteiger partial charge is 0.493 e. The van der Waals surface area contributed by atoms with E-state index in [2.05, 4.69) is 40.0 Å². The first-order valence-electron chi connectivity index (χ1n) is 8.17. The molecule has 1 aromatic heterocycles. The van der Waals surface area contributed by atoms with Gasteiger partial charge in [0.15, 0.2) is 11.5 Å². The molecule has 0 amide bonds. The molecule has 0 saturated carbocycles. The molecule has 4 rings (SSSR count). The number of aromatic nitrogens is 2. The molecule has 0 aliphatic carbocycles. The highest BCUT2D eigenvalue weighted by Crippen LogP contribution is 2.30. The third-order valence-electron chi connectivity index (χ3n) is 4.18. The number of benzene rings is 3. The van der Waals surface area contributed by atoms with Crippen LogP contribution in [-0.2, 0) is 0 Å². The van der Waals surface area contributed by atoms with E-state index in [0.717, 1.165) is 27.2 Å². The average molecular weight is 340 g/mol. The first-order valence-corrected chi connectivity index (χ1v) is 8.17. The summed E-state index contributed by atoms with van der Waals surface area (Å²) in [5, 5.41) is 3.16. The molecule has 0 atom stereocenters. The van der Waals surface area contributed by atoms with Crippen molar-refractivity contribution in [1.82, 2.24) is 9.97 Å². The third-order valence-corrected chi connectivity index (χ3v) is 4.18. The quantitative estimate of drug-likeness (QED) is 0.513. The number of methoxy groups -OCH3 is 2. The van der Waals surface area contributed by atoms with Gasteiger partial charge in [-0.3, -0.25) is 0 Å². The highest BCUT2D eigenvalue weighted by atomic mass is 16.5. The van der Waals surface area contributed by atoms with Crippen LogP contribution in [-0.4, -0.2) is 24.2 Å². The lowest BCUT2D eigenvalue weighted by atomic mass is 10.1. The van der Waals surface area contributed by atoms with Crippen LogP contribution in [0.25, 0.3) is 21.7 Å². The number of fused-ring (bicyclic) bond motifs is 2. The smallest absolute Gasteiger partial charge is 0.205 e. The maximum absolute atomic E-state index is 5.34. The molecule has 0 aliphatic rings. The maximum Gasteiger partial charge on any atom is 0.205 e. The Kier molecular flexibility index (Phi) is 4.12. The Hall–Kier alpha value is -3.58. The standard InChI is InChI=1S/C22H16N2O2/c1-25-20-12-17-14-23-22(24-19(17)13-21(20)26-2)11-10-16-8-5-7-15-6-3-4-9-18(15)16/h3-9,12-14H,1-2H3. The van der Waals surface area contributed by atoms with E-state index in [-0.39, 0.29) is 0 Å². The summed E-state index contributed by atoms with van der Waals surface area (Å²) >= 11 is 0. The second-order valence-corrected chi connectivity index (χ2v) is 5.74. The van der Waals surface area contributed by atoms with Crippen molar-refractivity contribution < 1.29 is 9.47 Å². The summed E-state index contributed by atoms with van der Waals surface area (Å²) in [4.78, 5) is 8.89. The van der Waals surface area contributed by atoms with Crippen molar-refractivity contribution in [2.24, 2.45) is 0 Å². The number of hydrogen-bond donors (Lipinski definition) is 0. The molecule has 0 aliphatic heterocycles. The van der Waals surface area contributed by atoms with Crippen LogP contribution in [0.5, 0.6) is 11.5 Å². The van der Waals surface area contributed by atoms with E-state index in [1.807, 2.05) is 36.4 Å². The van der Waals surface area contributed by atoms with Gasteiger partial charge >= 0.3 is 0 Å². The minimum Gasteiger partial charge on any atom is -0.493 e. The molecule has 4 heteroatoms. The summed E-state index contributed by atoms with van der Waals surface area (Å²) in [6, 6.07) is 18.0. The molecular weight excluding hydrogens is 324 g/mol. The van der Waals surface area contributed by atoms with Crippen molar-refractivity contribution in [2.75, 3.05) is 14.2 Å². The molecule has 0 radical (unpaired) electrons. The van der Waals surface area contributed by atoms with Crippen LogP contribution in [0.2, 0.25) is 0 Å². The van der Waals surface area contributed by atoms with Gasteiger partial charge < -0.3 is 9.47 Å². The van der Waals surface area contributed by atoms with E-state index in [4.69, 9.17) is 9.47 Å². The molecule has 0 bridgehead atoms. The summed E-state index contributed by atoms with van der Waals surface area (Å²) in [7, 11) is 3.21. The van der Waals surface area contributed by atoms with Crippen LogP contribution < -0.4 is 9.47 Å². The number of rotatable bonds is 2. The number of ether oxygens (including phenoxy) is 2. The molecule has 0 fully saturated rings. The normalized spacial score (nSPS) is 10.4. The second-order valence-electron chi connectivity index (χ2n) is 5.74. The van der Waals surface area contributed by atoms with Crippen LogP contribution >= 0.6 is 0 Å². The molecule has 0 saturated heterocycles. The van der Waals surface area contributed by atoms with Gasteiger partial charge in [-0.2, -0.15) is 0 Å². The number of nitrogens with zero attached hydrogens (tertiary/aromatic N) is 2. The zero-order valence-electron chi connectivity index (χ0n) is 14.5. The Bertz CT molecular complexity index is 1170. The second kappa shape index (κ2) is 6.73. The van der Waals surface area contributed by atoms with Crippen LogP contribution in [0.15, 0.2) is 60.8 Å². The predicted molar refractivity (Wildman–Crippen MR) is 103 cm³/mol. The molecular formula is C22H16N2O2.